The molecule has 0 spiro atoms. The number of aromatic nitrogens is 2. The summed E-state index contributed by atoms with van der Waals surface area (Å²) in [5.41, 5.74) is 2.08. The van der Waals surface area contributed by atoms with Gasteiger partial charge in [0.2, 0.25) is 0 Å². The third-order valence-electron chi connectivity index (χ3n) is 5.43. The topological polar surface area (TPSA) is 76.5 Å². The van der Waals surface area contributed by atoms with E-state index in [0.29, 0.717) is 30.0 Å². The van der Waals surface area contributed by atoms with Crippen molar-refractivity contribution in [2.24, 2.45) is 5.92 Å². The van der Waals surface area contributed by atoms with Gasteiger partial charge in [0.1, 0.15) is 11.4 Å². The van der Waals surface area contributed by atoms with E-state index in [1.807, 2.05) is 46.4 Å². The minimum Gasteiger partial charge on any atom is -0.444 e. The second-order valence-corrected chi connectivity index (χ2v) is 9.23. The van der Waals surface area contributed by atoms with Gasteiger partial charge < -0.3 is 15.0 Å². The molecule has 1 aliphatic rings. The lowest BCUT2D eigenvalue weighted by atomic mass is 10.1. The summed E-state index contributed by atoms with van der Waals surface area (Å²) in [6, 6.07) is 6.07. The number of carbonyl (C=O) groups is 2. The standard InChI is InChI=1S/C23H31FN4O3/c1-14-11-17(12-25-22(30)31-23(4,5)6)13-27(14)21(29)20-15(2)26-28(16(20)3)19-9-7-18(24)8-10-19/h7-10,14,17H,11-13H2,1-6H3,(H,25,30). The summed E-state index contributed by atoms with van der Waals surface area (Å²) in [6.07, 6.45) is 0.350. The SMILES string of the molecule is Cc1nn(-c2ccc(F)cc2)c(C)c1C(=O)N1CC(CNC(=O)OC(C)(C)C)CC1C. The number of benzene rings is 1. The van der Waals surface area contributed by atoms with Gasteiger partial charge in [0, 0.05) is 19.1 Å². The molecular weight excluding hydrogens is 399 g/mol. The van der Waals surface area contributed by atoms with Crippen LogP contribution in [0.1, 0.15) is 55.9 Å². The number of likely N-dealkylation sites (tertiary alicyclic amines) is 1. The van der Waals surface area contributed by atoms with Crippen molar-refractivity contribution in [2.45, 2.75) is 59.6 Å². The Morgan fingerprint density at radius 2 is 1.87 bits per heavy atom. The van der Waals surface area contributed by atoms with E-state index in [1.165, 1.54) is 12.1 Å². The molecule has 1 fully saturated rings. The van der Waals surface area contributed by atoms with Crippen LogP contribution in [0.25, 0.3) is 5.69 Å². The maximum absolute atomic E-state index is 13.4. The van der Waals surface area contributed by atoms with Crippen molar-refractivity contribution < 1.29 is 18.7 Å². The summed E-state index contributed by atoms with van der Waals surface area (Å²) in [7, 11) is 0. The molecular formula is C23H31FN4O3. The monoisotopic (exact) mass is 430 g/mol. The van der Waals surface area contributed by atoms with Gasteiger partial charge in [-0.05, 0) is 78.1 Å². The van der Waals surface area contributed by atoms with Crippen LogP contribution in [0.2, 0.25) is 0 Å². The lowest BCUT2D eigenvalue weighted by molar-refractivity contribution is 0.0520. The van der Waals surface area contributed by atoms with E-state index in [-0.39, 0.29) is 23.7 Å². The van der Waals surface area contributed by atoms with Gasteiger partial charge in [0.25, 0.3) is 5.91 Å². The molecule has 8 heteroatoms. The second-order valence-electron chi connectivity index (χ2n) is 9.23. The summed E-state index contributed by atoms with van der Waals surface area (Å²) in [4.78, 5) is 27.1. The minimum absolute atomic E-state index is 0.0471. The first-order valence-corrected chi connectivity index (χ1v) is 10.6. The summed E-state index contributed by atoms with van der Waals surface area (Å²) >= 11 is 0. The van der Waals surface area contributed by atoms with Crippen LogP contribution >= 0.6 is 0 Å². The van der Waals surface area contributed by atoms with Crippen LogP contribution in [0.5, 0.6) is 0 Å². The van der Waals surface area contributed by atoms with Crippen molar-refractivity contribution in [1.29, 1.82) is 0 Å². The third kappa shape index (κ3) is 5.24. The minimum atomic E-state index is -0.547. The molecule has 0 saturated carbocycles. The number of nitrogens with one attached hydrogen (secondary N) is 1. The van der Waals surface area contributed by atoms with Crippen LogP contribution in [-0.2, 0) is 4.74 Å². The molecule has 0 radical (unpaired) electrons. The van der Waals surface area contributed by atoms with E-state index in [4.69, 9.17) is 4.74 Å². The smallest absolute Gasteiger partial charge is 0.407 e. The zero-order chi connectivity index (χ0) is 22.9. The van der Waals surface area contributed by atoms with Crippen molar-refractivity contribution in [3.05, 3.63) is 47.0 Å². The maximum Gasteiger partial charge on any atom is 0.407 e. The Balaban J connectivity index is 1.70. The fraction of sp³-hybridized carbons (Fsp3) is 0.522. The Labute approximate surface area is 182 Å². The first-order valence-electron chi connectivity index (χ1n) is 10.6. The van der Waals surface area contributed by atoms with Crippen LogP contribution in [-0.4, -0.2) is 51.4 Å². The van der Waals surface area contributed by atoms with Crippen molar-refractivity contribution in [1.82, 2.24) is 20.0 Å². The second kappa shape index (κ2) is 8.69. The molecule has 2 unspecified atom stereocenters. The lowest BCUT2D eigenvalue weighted by Gasteiger charge is -2.22. The van der Waals surface area contributed by atoms with E-state index in [2.05, 4.69) is 10.4 Å². The highest BCUT2D eigenvalue weighted by Crippen LogP contribution is 2.27. The van der Waals surface area contributed by atoms with Crippen LogP contribution in [0.4, 0.5) is 9.18 Å². The van der Waals surface area contributed by atoms with Gasteiger partial charge in [0.15, 0.2) is 0 Å². The van der Waals surface area contributed by atoms with Crippen LogP contribution in [0.3, 0.4) is 0 Å². The Morgan fingerprint density at radius 1 is 1.23 bits per heavy atom. The number of amides is 2. The molecule has 0 aliphatic carbocycles. The molecule has 3 rings (SSSR count). The molecule has 2 amide bonds. The first kappa shape index (κ1) is 22.8. The molecule has 1 N–H and O–H groups in total. The Bertz CT molecular complexity index is 962. The Hall–Kier alpha value is -2.90. The number of ether oxygens (including phenoxy) is 1. The van der Waals surface area contributed by atoms with E-state index in [9.17, 15) is 14.0 Å². The maximum atomic E-state index is 13.4. The lowest BCUT2D eigenvalue weighted by Crippen LogP contribution is -2.37. The van der Waals surface area contributed by atoms with Gasteiger partial charge in [0.05, 0.1) is 22.6 Å². The molecule has 1 aromatic carbocycles. The Kier molecular flexibility index (Phi) is 6.38. The van der Waals surface area contributed by atoms with Crippen molar-refractivity contribution in [3.63, 3.8) is 0 Å². The molecule has 1 aliphatic heterocycles. The van der Waals surface area contributed by atoms with E-state index >= 15 is 0 Å². The number of carbonyl (C=O) groups excluding carboxylic acids is 2. The largest absolute Gasteiger partial charge is 0.444 e. The number of aryl methyl sites for hydroxylation is 1. The normalized spacial score (nSPS) is 18.9. The Morgan fingerprint density at radius 3 is 2.48 bits per heavy atom. The highest BCUT2D eigenvalue weighted by Gasteiger charge is 2.35. The van der Waals surface area contributed by atoms with Crippen molar-refractivity contribution in [3.8, 4) is 5.69 Å². The summed E-state index contributed by atoms with van der Waals surface area (Å²) in [5, 5.41) is 7.32. The van der Waals surface area contributed by atoms with Gasteiger partial charge >= 0.3 is 6.09 Å². The number of nitrogens with zero attached hydrogens (tertiary/aromatic N) is 3. The quantitative estimate of drug-likeness (QED) is 0.795. The fourth-order valence-electron chi connectivity index (χ4n) is 4.04. The molecule has 168 valence electrons. The van der Waals surface area contributed by atoms with Crippen LogP contribution in [0, 0.1) is 25.6 Å². The number of rotatable bonds is 4. The predicted molar refractivity (Wildman–Crippen MR) is 116 cm³/mol. The molecule has 1 saturated heterocycles. The average molecular weight is 431 g/mol. The van der Waals surface area contributed by atoms with Crippen molar-refractivity contribution >= 4 is 12.0 Å². The number of halogens is 1. The molecule has 2 aromatic rings. The third-order valence-corrected chi connectivity index (χ3v) is 5.43. The zero-order valence-corrected chi connectivity index (χ0v) is 19.0. The van der Waals surface area contributed by atoms with Gasteiger partial charge in [-0.15, -0.1) is 0 Å². The molecule has 2 heterocycles. The average Bonchev–Trinajstić information content (AvgIpc) is 3.18. The zero-order valence-electron chi connectivity index (χ0n) is 19.0. The van der Waals surface area contributed by atoms with E-state index in [1.54, 1.807) is 16.8 Å². The van der Waals surface area contributed by atoms with Gasteiger partial charge in [-0.1, -0.05) is 0 Å². The number of hydrogen-bond acceptors (Lipinski definition) is 4. The van der Waals surface area contributed by atoms with Crippen molar-refractivity contribution in [2.75, 3.05) is 13.1 Å². The van der Waals surface area contributed by atoms with E-state index in [0.717, 1.165) is 12.1 Å². The van der Waals surface area contributed by atoms with Crippen LogP contribution in [0.15, 0.2) is 24.3 Å². The number of alkyl carbamates (subject to hydrolysis) is 1. The molecule has 1 aromatic heterocycles. The summed E-state index contributed by atoms with van der Waals surface area (Å²) < 4.78 is 20.2. The fourth-order valence-corrected chi connectivity index (χ4v) is 4.04. The molecule has 0 bridgehead atoms. The summed E-state index contributed by atoms with van der Waals surface area (Å²) in [5.74, 6) is -0.242. The number of hydrogen-bond donors (Lipinski definition) is 1. The highest BCUT2D eigenvalue weighted by atomic mass is 19.1. The van der Waals surface area contributed by atoms with E-state index < -0.39 is 11.7 Å². The van der Waals surface area contributed by atoms with Gasteiger partial charge in [-0.2, -0.15) is 5.10 Å². The molecule has 2 atom stereocenters. The predicted octanol–water partition coefficient (Wildman–Crippen LogP) is 4.00. The molecule has 31 heavy (non-hydrogen) atoms. The van der Waals surface area contributed by atoms with Gasteiger partial charge in [-0.25, -0.2) is 13.9 Å². The van der Waals surface area contributed by atoms with Crippen LogP contribution < -0.4 is 5.32 Å². The van der Waals surface area contributed by atoms with Gasteiger partial charge in [-0.3, -0.25) is 4.79 Å². The molecule has 7 nitrogen and oxygen atoms in total. The highest BCUT2D eigenvalue weighted by molar-refractivity contribution is 5.97. The summed E-state index contributed by atoms with van der Waals surface area (Å²) in [6.45, 7) is 12.1. The first-order chi connectivity index (χ1) is 14.5.